The Morgan fingerprint density at radius 2 is 1.85 bits per heavy atom. The van der Waals surface area contributed by atoms with Gasteiger partial charge in [-0.3, -0.25) is 0 Å². The lowest BCUT2D eigenvalue weighted by molar-refractivity contribution is 0.333. The highest BCUT2D eigenvalue weighted by Gasteiger charge is 2.22. The summed E-state index contributed by atoms with van der Waals surface area (Å²) in [5, 5.41) is 3.09. The van der Waals surface area contributed by atoms with Gasteiger partial charge < -0.3 is 10.1 Å². The van der Waals surface area contributed by atoms with Crippen molar-refractivity contribution in [2.24, 2.45) is 5.92 Å². The van der Waals surface area contributed by atoms with Crippen molar-refractivity contribution in [2.45, 2.75) is 26.8 Å². The maximum Gasteiger partial charge on any atom is 0.152 e. The molecule has 20 heavy (non-hydrogen) atoms. The summed E-state index contributed by atoms with van der Waals surface area (Å²) in [4.78, 5) is 0. The second-order valence-electron chi connectivity index (χ2n) is 5.28. The summed E-state index contributed by atoms with van der Waals surface area (Å²) in [7, 11) is -1.31. The Labute approximate surface area is 122 Å². The number of sulfone groups is 1. The molecule has 0 radical (unpaired) electrons. The van der Waals surface area contributed by atoms with Gasteiger partial charge in [0.25, 0.3) is 0 Å². The van der Waals surface area contributed by atoms with E-state index in [1.807, 2.05) is 45.0 Å². The Morgan fingerprint density at radius 3 is 2.40 bits per heavy atom. The van der Waals surface area contributed by atoms with Crippen molar-refractivity contribution >= 4 is 9.84 Å². The van der Waals surface area contributed by atoms with E-state index in [0.717, 1.165) is 11.3 Å². The molecule has 0 fully saturated rings. The summed E-state index contributed by atoms with van der Waals surface area (Å²) in [6.07, 6.45) is 0. The van der Waals surface area contributed by atoms with Crippen LogP contribution in [0.25, 0.3) is 0 Å². The molecule has 1 atom stereocenters. The van der Waals surface area contributed by atoms with E-state index in [2.05, 4.69) is 5.32 Å². The van der Waals surface area contributed by atoms with E-state index in [9.17, 15) is 8.42 Å². The van der Waals surface area contributed by atoms with Crippen LogP contribution in [0, 0.1) is 5.92 Å². The highest BCUT2D eigenvalue weighted by atomic mass is 32.2. The van der Waals surface area contributed by atoms with E-state index in [1.165, 1.54) is 0 Å². The SMILES string of the molecule is CCOc1ccccc1C(CS(=O)(=O)CC(C)C)NC. The van der Waals surface area contributed by atoms with Gasteiger partial charge in [0.2, 0.25) is 0 Å². The Balaban J connectivity index is 2.97. The van der Waals surface area contributed by atoms with Crippen molar-refractivity contribution < 1.29 is 13.2 Å². The molecule has 0 spiro atoms. The highest BCUT2D eigenvalue weighted by molar-refractivity contribution is 7.91. The summed E-state index contributed by atoms with van der Waals surface area (Å²) >= 11 is 0. The third-order valence-electron chi connectivity index (χ3n) is 2.95. The van der Waals surface area contributed by atoms with Crippen LogP contribution in [0.1, 0.15) is 32.4 Å². The lowest BCUT2D eigenvalue weighted by Gasteiger charge is -2.20. The second kappa shape index (κ2) is 7.64. The molecule has 0 saturated heterocycles. The average molecular weight is 299 g/mol. The first-order valence-electron chi connectivity index (χ1n) is 6.99. The molecule has 4 nitrogen and oxygen atoms in total. The average Bonchev–Trinajstić information content (AvgIpc) is 2.36. The van der Waals surface area contributed by atoms with E-state index in [1.54, 1.807) is 7.05 Å². The molecule has 0 heterocycles. The topological polar surface area (TPSA) is 55.4 Å². The highest BCUT2D eigenvalue weighted by Crippen LogP contribution is 2.26. The molecule has 1 rings (SSSR count). The molecule has 114 valence electrons. The van der Waals surface area contributed by atoms with E-state index in [0.29, 0.717) is 6.61 Å². The molecule has 1 aromatic rings. The molecule has 5 heteroatoms. The van der Waals surface area contributed by atoms with Crippen LogP contribution in [0.4, 0.5) is 0 Å². The van der Waals surface area contributed by atoms with Crippen LogP contribution in [-0.2, 0) is 9.84 Å². The number of rotatable bonds is 8. The molecule has 1 aromatic carbocycles. The number of hydrogen-bond donors (Lipinski definition) is 1. The number of hydrogen-bond acceptors (Lipinski definition) is 4. The van der Waals surface area contributed by atoms with E-state index >= 15 is 0 Å². The number of ether oxygens (including phenoxy) is 1. The minimum Gasteiger partial charge on any atom is -0.494 e. The molecule has 0 aromatic heterocycles. The fraction of sp³-hybridized carbons (Fsp3) is 0.600. The van der Waals surface area contributed by atoms with Gasteiger partial charge in [-0.25, -0.2) is 8.42 Å². The van der Waals surface area contributed by atoms with Crippen LogP contribution in [0.5, 0.6) is 5.75 Å². The molecule has 1 N–H and O–H groups in total. The zero-order chi connectivity index (χ0) is 15.2. The number of benzene rings is 1. The van der Waals surface area contributed by atoms with Crippen molar-refractivity contribution in [3.05, 3.63) is 29.8 Å². The van der Waals surface area contributed by atoms with Crippen LogP contribution in [-0.4, -0.2) is 33.6 Å². The maximum atomic E-state index is 12.2. The van der Waals surface area contributed by atoms with E-state index in [-0.39, 0.29) is 23.5 Å². The van der Waals surface area contributed by atoms with Crippen LogP contribution in [0.2, 0.25) is 0 Å². The van der Waals surface area contributed by atoms with Gasteiger partial charge in [-0.1, -0.05) is 32.0 Å². The maximum absolute atomic E-state index is 12.2. The smallest absolute Gasteiger partial charge is 0.152 e. The Bertz CT molecular complexity index is 512. The van der Waals surface area contributed by atoms with Gasteiger partial charge in [-0.05, 0) is 26.0 Å². The molecular formula is C15H25NO3S. The number of nitrogens with one attached hydrogen (secondary N) is 1. The monoisotopic (exact) mass is 299 g/mol. The zero-order valence-corrected chi connectivity index (χ0v) is 13.5. The molecular weight excluding hydrogens is 274 g/mol. The molecule has 0 aliphatic carbocycles. The van der Waals surface area contributed by atoms with Crippen molar-refractivity contribution in [1.29, 1.82) is 0 Å². The summed E-state index contributed by atoms with van der Waals surface area (Å²) in [6, 6.07) is 7.33. The summed E-state index contributed by atoms with van der Waals surface area (Å²) in [5.41, 5.74) is 0.893. The third-order valence-corrected chi connectivity index (χ3v) is 4.97. The standard InChI is InChI=1S/C15H25NO3S/c1-5-19-15-9-7-6-8-13(15)14(16-4)11-20(17,18)10-12(2)3/h6-9,12,14,16H,5,10-11H2,1-4H3. The minimum atomic E-state index is -3.09. The summed E-state index contributed by atoms with van der Waals surface area (Å²) in [5.74, 6) is 1.18. The molecule has 0 saturated carbocycles. The normalized spacial score (nSPS) is 13.4. The van der Waals surface area contributed by atoms with Crippen molar-refractivity contribution in [3.63, 3.8) is 0 Å². The van der Waals surface area contributed by atoms with Crippen molar-refractivity contribution in [2.75, 3.05) is 25.2 Å². The van der Waals surface area contributed by atoms with E-state index < -0.39 is 9.84 Å². The van der Waals surface area contributed by atoms with Gasteiger partial charge in [-0.2, -0.15) is 0 Å². The lowest BCUT2D eigenvalue weighted by atomic mass is 10.1. The number of para-hydroxylation sites is 1. The summed E-state index contributed by atoms with van der Waals surface area (Å²) < 4.78 is 29.9. The zero-order valence-electron chi connectivity index (χ0n) is 12.7. The molecule has 0 aliphatic heterocycles. The van der Waals surface area contributed by atoms with Crippen LogP contribution in [0.3, 0.4) is 0 Å². The third kappa shape index (κ3) is 5.13. The first-order chi connectivity index (χ1) is 9.39. The van der Waals surface area contributed by atoms with Gasteiger partial charge in [-0.15, -0.1) is 0 Å². The van der Waals surface area contributed by atoms with Gasteiger partial charge in [0, 0.05) is 11.6 Å². The van der Waals surface area contributed by atoms with Gasteiger partial charge in [0.05, 0.1) is 18.1 Å². The second-order valence-corrected chi connectivity index (χ2v) is 7.44. The predicted octanol–water partition coefficient (Wildman–Crippen LogP) is 2.42. The predicted molar refractivity (Wildman–Crippen MR) is 82.9 cm³/mol. The first kappa shape index (κ1) is 17.0. The van der Waals surface area contributed by atoms with Gasteiger partial charge >= 0.3 is 0 Å². The Hall–Kier alpha value is -1.07. The quantitative estimate of drug-likeness (QED) is 0.801. The molecule has 1 unspecified atom stereocenters. The van der Waals surface area contributed by atoms with Crippen molar-refractivity contribution in [3.8, 4) is 5.75 Å². The van der Waals surface area contributed by atoms with Crippen LogP contribution >= 0.6 is 0 Å². The Morgan fingerprint density at radius 1 is 1.20 bits per heavy atom. The first-order valence-corrected chi connectivity index (χ1v) is 8.81. The van der Waals surface area contributed by atoms with E-state index in [4.69, 9.17) is 4.74 Å². The Kier molecular flexibility index (Phi) is 6.49. The summed E-state index contributed by atoms with van der Waals surface area (Å²) in [6.45, 7) is 6.31. The molecule has 0 amide bonds. The van der Waals surface area contributed by atoms with Crippen LogP contribution < -0.4 is 10.1 Å². The fourth-order valence-corrected chi connectivity index (χ4v) is 4.22. The largest absolute Gasteiger partial charge is 0.494 e. The van der Waals surface area contributed by atoms with Crippen LogP contribution in [0.15, 0.2) is 24.3 Å². The van der Waals surface area contributed by atoms with Gasteiger partial charge in [0.15, 0.2) is 9.84 Å². The van der Waals surface area contributed by atoms with Crippen molar-refractivity contribution in [1.82, 2.24) is 5.32 Å². The molecule has 0 bridgehead atoms. The lowest BCUT2D eigenvalue weighted by Crippen LogP contribution is -2.28. The fourth-order valence-electron chi connectivity index (χ4n) is 2.21. The van der Waals surface area contributed by atoms with Gasteiger partial charge in [0.1, 0.15) is 5.75 Å². The minimum absolute atomic E-state index is 0.0891. The molecule has 0 aliphatic rings.